The Hall–Kier alpha value is -1.17. The lowest BCUT2D eigenvalue weighted by atomic mass is 10.1. The number of amides is 1. The molecule has 0 radical (unpaired) electrons. The normalized spacial score (nSPS) is 12.4. The third-order valence-corrected chi connectivity index (χ3v) is 4.75. The Labute approximate surface area is 121 Å². The quantitative estimate of drug-likeness (QED) is 0.735. The molecule has 0 fully saturated rings. The second-order valence-electron chi connectivity index (χ2n) is 4.38. The molecule has 2 aromatic rings. The molecule has 2 aromatic heterocycles. The summed E-state index contributed by atoms with van der Waals surface area (Å²) < 4.78 is 0. The van der Waals surface area contributed by atoms with E-state index < -0.39 is 0 Å². The minimum Gasteiger partial charge on any atom is -0.370 e. The van der Waals surface area contributed by atoms with Gasteiger partial charge in [0, 0.05) is 28.6 Å². The van der Waals surface area contributed by atoms with Gasteiger partial charge in [-0.15, -0.1) is 22.7 Å². The molecule has 3 nitrogen and oxygen atoms in total. The molecule has 0 saturated heterocycles. The van der Waals surface area contributed by atoms with Gasteiger partial charge in [0.1, 0.15) is 0 Å². The first-order chi connectivity index (χ1) is 9.25. The highest BCUT2D eigenvalue weighted by Crippen LogP contribution is 2.24. The number of primary amides is 1. The van der Waals surface area contributed by atoms with Gasteiger partial charge in [0.05, 0.1) is 0 Å². The lowest BCUT2D eigenvalue weighted by Crippen LogP contribution is -2.24. The number of nitrogens with one attached hydrogen (secondary N) is 1. The first-order valence-electron chi connectivity index (χ1n) is 6.33. The Morgan fingerprint density at radius 3 is 2.68 bits per heavy atom. The second kappa shape index (κ2) is 7.43. The standard InChI is InChI=1S/C14H18N2OS2/c15-14(17)6-1-7-16-12(13-5-3-9-19-13)10-11-4-2-8-18-11/h2-5,8-9,12,16H,1,6-7,10H2,(H2,15,17). The zero-order valence-electron chi connectivity index (χ0n) is 10.7. The van der Waals surface area contributed by atoms with Crippen LogP contribution in [0.1, 0.15) is 28.6 Å². The van der Waals surface area contributed by atoms with E-state index >= 15 is 0 Å². The van der Waals surface area contributed by atoms with Gasteiger partial charge < -0.3 is 11.1 Å². The Bertz CT molecular complexity index is 480. The summed E-state index contributed by atoms with van der Waals surface area (Å²) >= 11 is 3.55. The Morgan fingerprint density at radius 2 is 2.05 bits per heavy atom. The van der Waals surface area contributed by atoms with Gasteiger partial charge in [-0.1, -0.05) is 12.1 Å². The van der Waals surface area contributed by atoms with Crippen LogP contribution in [0.5, 0.6) is 0 Å². The van der Waals surface area contributed by atoms with E-state index in [9.17, 15) is 4.79 Å². The highest BCUT2D eigenvalue weighted by Gasteiger charge is 2.13. The summed E-state index contributed by atoms with van der Waals surface area (Å²) in [6, 6.07) is 8.80. The van der Waals surface area contributed by atoms with Crippen LogP contribution in [0.15, 0.2) is 35.0 Å². The van der Waals surface area contributed by atoms with E-state index in [0.29, 0.717) is 12.5 Å². The van der Waals surface area contributed by atoms with Crippen LogP contribution in [-0.2, 0) is 11.2 Å². The van der Waals surface area contributed by atoms with Crippen LogP contribution < -0.4 is 11.1 Å². The molecule has 2 rings (SSSR count). The lowest BCUT2D eigenvalue weighted by molar-refractivity contribution is -0.118. The third-order valence-electron chi connectivity index (χ3n) is 2.86. The van der Waals surface area contributed by atoms with Crippen molar-refractivity contribution in [2.24, 2.45) is 5.73 Å². The maximum atomic E-state index is 10.7. The number of nitrogens with two attached hydrogens (primary N) is 1. The molecular formula is C14H18N2OS2. The highest BCUT2D eigenvalue weighted by molar-refractivity contribution is 7.10. The van der Waals surface area contributed by atoms with Crippen molar-refractivity contribution in [1.82, 2.24) is 5.32 Å². The summed E-state index contributed by atoms with van der Waals surface area (Å²) in [6.07, 6.45) is 2.24. The number of thiophene rings is 2. The van der Waals surface area contributed by atoms with Crippen LogP contribution in [0, 0.1) is 0 Å². The monoisotopic (exact) mass is 294 g/mol. The topological polar surface area (TPSA) is 55.1 Å². The Balaban J connectivity index is 1.89. The zero-order chi connectivity index (χ0) is 13.5. The molecule has 0 bridgehead atoms. The van der Waals surface area contributed by atoms with E-state index in [4.69, 9.17) is 5.73 Å². The predicted octanol–water partition coefficient (Wildman–Crippen LogP) is 2.95. The summed E-state index contributed by atoms with van der Waals surface area (Å²) in [5, 5.41) is 7.73. The van der Waals surface area contributed by atoms with Gasteiger partial charge in [-0.3, -0.25) is 4.79 Å². The summed E-state index contributed by atoms with van der Waals surface area (Å²) in [7, 11) is 0. The van der Waals surface area contributed by atoms with E-state index in [2.05, 4.69) is 40.3 Å². The van der Waals surface area contributed by atoms with Crippen molar-refractivity contribution in [1.29, 1.82) is 0 Å². The van der Waals surface area contributed by atoms with Crippen LogP contribution in [0.3, 0.4) is 0 Å². The Morgan fingerprint density at radius 1 is 1.26 bits per heavy atom. The molecular weight excluding hydrogens is 276 g/mol. The summed E-state index contributed by atoms with van der Waals surface area (Å²) in [4.78, 5) is 13.4. The third kappa shape index (κ3) is 4.78. The Kier molecular flexibility index (Phi) is 5.57. The highest BCUT2D eigenvalue weighted by atomic mass is 32.1. The molecule has 1 atom stereocenters. The largest absolute Gasteiger partial charge is 0.370 e. The number of carbonyl (C=O) groups excluding carboxylic acids is 1. The fourth-order valence-electron chi connectivity index (χ4n) is 1.93. The molecule has 0 aliphatic carbocycles. The van der Waals surface area contributed by atoms with Crippen molar-refractivity contribution in [2.45, 2.75) is 25.3 Å². The number of rotatable bonds is 8. The van der Waals surface area contributed by atoms with Gasteiger partial charge in [-0.25, -0.2) is 0 Å². The van der Waals surface area contributed by atoms with Crippen LogP contribution in [-0.4, -0.2) is 12.5 Å². The van der Waals surface area contributed by atoms with Crippen molar-refractivity contribution < 1.29 is 4.79 Å². The second-order valence-corrected chi connectivity index (χ2v) is 6.39. The molecule has 19 heavy (non-hydrogen) atoms. The molecule has 0 aliphatic heterocycles. The van der Waals surface area contributed by atoms with Crippen LogP contribution in [0.4, 0.5) is 0 Å². The lowest BCUT2D eigenvalue weighted by Gasteiger charge is -2.16. The summed E-state index contributed by atoms with van der Waals surface area (Å²) in [5.74, 6) is -0.229. The van der Waals surface area contributed by atoms with Crippen LogP contribution in [0.25, 0.3) is 0 Å². The van der Waals surface area contributed by atoms with E-state index in [-0.39, 0.29) is 5.91 Å². The summed E-state index contributed by atoms with van der Waals surface area (Å²) in [6.45, 7) is 0.816. The molecule has 0 aromatic carbocycles. The zero-order valence-corrected chi connectivity index (χ0v) is 12.3. The summed E-state index contributed by atoms with van der Waals surface area (Å²) in [5.41, 5.74) is 5.15. The fraction of sp³-hybridized carbons (Fsp3) is 0.357. The van der Waals surface area contributed by atoms with Crippen LogP contribution in [0.2, 0.25) is 0 Å². The first kappa shape index (κ1) is 14.2. The van der Waals surface area contributed by atoms with Gasteiger partial charge in [-0.2, -0.15) is 0 Å². The minimum atomic E-state index is -0.229. The van der Waals surface area contributed by atoms with Gasteiger partial charge >= 0.3 is 0 Å². The number of carbonyl (C=O) groups is 1. The molecule has 0 spiro atoms. The molecule has 1 amide bonds. The maximum Gasteiger partial charge on any atom is 0.217 e. The van der Waals surface area contributed by atoms with Gasteiger partial charge in [0.15, 0.2) is 0 Å². The number of hydrogen-bond acceptors (Lipinski definition) is 4. The van der Waals surface area contributed by atoms with E-state index in [0.717, 1.165) is 19.4 Å². The first-order valence-corrected chi connectivity index (χ1v) is 8.09. The predicted molar refractivity (Wildman–Crippen MR) is 81.5 cm³/mol. The van der Waals surface area contributed by atoms with Gasteiger partial charge in [0.2, 0.25) is 5.91 Å². The molecule has 3 N–H and O–H groups in total. The average molecular weight is 294 g/mol. The smallest absolute Gasteiger partial charge is 0.217 e. The average Bonchev–Trinajstić information content (AvgIpc) is 3.05. The molecule has 2 heterocycles. The molecule has 1 unspecified atom stereocenters. The molecule has 5 heteroatoms. The van der Waals surface area contributed by atoms with E-state index in [1.54, 1.807) is 22.7 Å². The maximum absolute atomic E-state index is 10.7. The van der Waals surface area contributed by atoms with Crippen LogP contribution >= 0.6 is 22.7 Å². The molecule has 102 valence electrons. The van der Waals surface area contributed by atoms with Crippen molar-refractivity contribution in [3.05, 3.63) is 44.8 Å². The van der Waals surface area contributed by atoms with Crippen molar-refractivity contribution >= 4 is 28.6 Å². The van der Waals surface area contributed by atoms with Crippen molar-refractivity contribution in [3.8, 4) is 0 Å². The van der Waals surface area contributed by atoms with Crippen molar-refractivity contribution in [3.63, 3.8) is 0 Å². The van der Waals surface area contributed by atoms with Crippen molar-refractivity contribution in [2.75, 3.05) is 6.54 Å². The van der Waals surface area contributed by atoms with Gasteiger partial charge in [0.25, 0.3) is 0 Å². The van der Waals surface area contributed by atoms with E-state index in [1.165, 1.54) is 9.75 Å². The van der Waals surface area contributed by atoms with E-state index in [1.807, 2.05) is 0 Å². The fourth-order valence-corrected chi connectivity index (χ4v) is 3.49. The molecule has 0 aliphatic rings. The SMILES string of the molecule is NC(=O)CCCNC(Cc1cccs1)c1cccs1. The van der Waals surface area contributed by atoms with Gasteiger partial charge in [-0.05, 0) is 35.9 Å². The minimum absolute atomic E-state index is 0.229. The molecule has 0 saturated carbocycles. The number of hydrogen-bond donors (Lipinski definition) is 2.